The highest BCUT2D eigenvalue weighted by Gasteiger charge is 2.40. The number of fused-ring (bicyclic) bond motifs is 3. The van der Waals surface area contributed by atoms with Crippen molar-refractivity contribution in [2.45, 2.75) is 25.6 Å². The number of rotatable bonds is 6. The quantitative estimate of drug-likeness (QED) is 0.528. The molecule has 164 valence electrons. The zero-order valence-electron chi connectivity index (χ0n) is 18.4. The van der Waals surface area contributed by atoms with Crippen LogP contribution in [0.25, 0.3) is 0 Å². The summed E-state index contributed by atoms with van der Waals surface area (Å²) in [7, 11) is 3.29. The van der Waals surface area contributed by atoms with Gasteiger partial charge in [-0.2, -0.15) is 5.10 Å². The topological polar surface area (TPSA) is 52.5 Å². The minimum Gasteiger partial charge on any atom is -0.494 e. The molecule has 0 unspecified atom stereocenters. The average Bonchev–Trinajstić information content (AvgIpc) is 3.30. The Morgan fingerprint density at radius 3 is 2.50 bits per heavy atom. The number of para-hydroxylation sites is 1. The summed E-state index contributed by atoms with van der Waals surface area (Å²) in [5.74, 6) is 3.14. The predicted octanol–water partition coefficient (Wildman–Crippen LogP) is 5.34. The van der Waals surface area contributed by atoms with Crippen LogP contribution in [0.5, 0.6) is 23.0 Å². The number of hydrogen-bond donors (Lipinski definition) is 0. The molecule has 0 aromatic heterocycles. The van der Waals surface area contributed by atoms with Gasteiger partial charge in [-0.25, -0.2) is 5.01 Å². The van der Waals surface area contributed by atoms with Gasteiger partial charge in [0.1, 0.15) is 11.5 Å². The Morgan fingerprint density at radius 2 is 1.75 bits per heavy atom. The van der Waals surface area contributed by atoms with Gasteiger partial charge in [-0.05, 0) is 55.5 Å². The molecule has 0 fully saturated rings. The first-order valence-corrected chi connectivity index (χ1v) is 10.8. The summed E-state index contributed by atoms with van der Waals surface area (Å²) in [6.07, 6.45) is 0.465. The third kappa shape index (κ3) is 3.51. The summed E-state index contributed by atoms with van der Waals surface area (Å²) in [4.78, 5) is 0. The second kappa shape index (κ2) is 8.46. The van der Waals surface area contributed by atoms with Crippen molar-refractivity contribution in [3.8, 4) is 23.0 Å². The summed E-state index contributed by atoms with van der Waals surface area (Å²) < 4.78 is 22.9. The molecule has 5 rings (SSSR count). The maximum atomic E-state index is 6.43. The lowest BCUT2D eigenvalue weighted by molar-refractivity contribution is -0.0190. The van der Waals surface area contributed by atoms with Gasteiger partial charge in [-0.1, -0.05) is 18.2 Å². The SMILES string of the molecule is CCOc1ccc([C@H]2Oc3ccccc3[C@H]3CC(c4ccc(OC)c(OC)c4)=NN32)cc1. The fourth-order valence-electron chi connectivity index (χ4n) is 4.34. The Balaban J connectivity index is 1.53. The molecule has 0 saturated carbocycles. The number of nitrogens with zero attached hydrogens (tertiary/aromatic N) is 2. The molecule has 0 N–H and O–H groups in total. The summed E-state index contributed by atoms with van der Waals surface area (Å²) in [5.41, 5.74) is 4.19. The van der Waals surface area contributed by atoms with E-state index in [4.69, 9.17) is 24.0 Å². The largest absolute Gasteiger partial charge is 0.494 e. The second-order valence-electron chi connectivity index (χ2n) is 7.73. The van der Waals surface area contributed by atoms with Gasteiger partial charge in [-0.3, -0.25) is 0 Å². The summed E-state index contributed by atoms with van der Waals surface area (Å²) in [5, 5.41) is 7.10. The first kappa shape index (κ1) is 20.2. The van der Waals surface area contributed by atoms with Gasteiger partial charge in [-0.15, -0.1) is 0 Å². The van der Waals surface area contributed by atoms with Gasteiger partial charge in [0.15, 0.2) is 11.5 Å². The van der Waals surface area contributed by atoms with Crippen molar-refractivity contribution in [1.29, 1.82) is 0 Å². The number of hydrazone groups is 1. The van der Waals surface area contributed by atoms with Crippen LogP contribution in [0.4, 0.5) is 0 Å². The lowest BCUT2D eigenvalue weighted by atomic mass is 9.96. The highest BCUT2D eigenvalue weighted by atomic mass is 16.5. The van der Waals surface area contributed by atoms with E-state index >= 15 is 0 Å². The van der Waals surface area contributed by atoms with Gasteiger partial charge in [0.2, 0.25) is 6.23 Å². The van der Waals surface area contributed by atoms with E-state index in [1.807, 2.05) is 67.6 Å². The molecule has 0 amide bonds. The smallest absolute Gasteiger partial charge is 0.213 e. The molecule has 3 aromatic rings. The van der Waals surface area contributed by atoms with Crippen molar-refractivity contribution in [2.75, 3.05) is 20.8 Å². The first-order chi connectivity index (χ1) is 15.7. The molecule has 0 radical (unpaired) electrons. The Hall–Kier alpha value is -3.67. The monoisotopic (exact) mass is 430 g/mol. The highest BCUT2D eigenvalue weighted by molar-refractivity contribution is 6.02. The molecule has 2 aliphatic rings. The Morgan fingerprint density at radius 1 is 0.969 bits per heavy atom. The van der Waals surface area contributed by atoms with Crippen LogP contribution < -0.4 is 18.9 Å². The minimum atomic E-state index is -0.316. The van der Waals surface area contributed by atoms with E-state index < -0.39 is 0 Å². The van der Waals surface area contributed by atoms with Crippen molar-refractivity contribution in [1.82, 2.24) is 5.01 Å². The molecule has 0 spiro atoms. The van der Waals surface area contributed by atoms with Crippen LogP contribution >= 0.6 is 0 Å². The number of hydrogen-bond acceptors (Lipinski definition) is 6. The fourth-order valence-corrected chi connectivity index (χ4v) is 4.34. The Bertz CT molecular complexity index is 1140. The molecule has 6 nitrogen and oxygen atoms in total. The van der Waals surface area contributed by atoms with E-state index in [2.05, 4.69) is 11.1 Å². The number of methoxy groups -OCH3 is 2. The van der Waals surface area contributed by atoms with Gasteiger partial charge in [0, 0.05) is 23.1 Å². The number of benzene rings is 3. The normalized spacial score (nSPS) is 18.8. The van der Waals surface area contributed by atoms with Crippen LogP contribution in [0.1, 0.15) is 42.3 Å². The molecule has 0 saturated heterocycles. The second-order valence-corrected chi connectivity index (χ2v) is 7.73. The third-order valence-electron chi connectivity index (χ3n) is 5.89. The van der Waals surface area contributed by atoms with Gasteiger partial charge >= 0.3 is 0 Å². The molecule has 3 aromatic carbocycles. The van der Waals surface area contributed by atoms with Crippen LogP contribution in [-0.2, 0) is 0 Å². The first-order valence-electron chi connectivity index (χ1n) is 10.8. The maximum absolute atomic E-state index is 6.43. The van der Waals surface area contributed by atoms with Crippen LogP contribution in [0.15, 0.2) is 71.8 Å². The van der Waals surface area contributed by atoms with E-state index in [-0.39, 0.29) is 12.3 Å². The molecule has 32 heavy (non-hydrogen) atoms. The summed E-state index contributed by atoms with van der Waals surface area (Å²) >= 11 is 0. The Kier molecular flexibility index (Phi) is 5.35. The van der Waals surface area contributed by atoms with Crippen molar-refractivity contribution < 1.29 is 18.9 Å². The summed E-state index contributed by atoms with van der Waals surface area (Å²) in [6, 6.07) is 22.3. The van der Waals surface area contributed by atoms with Crippen LogP contribution in [0.3, 0.4) is 0 Å². The van der Waals surface area contributed by atoms with E-state index in [0.717, 1.165) is 40.3 Å². The van der Waals surface area contributed by atoms with Crippen molar-refractivity contribution in [3.05, 3.63) is 83.4 Å². The van der Waals surface area contributed by atoms with Crippen molar-refractivity contribution >= 4 is 5.71 Å². The van der Waals surface area contributed by atoms with E-state index in [0.29, 0.717) is 18.1 Å². The predicted molar refractivity (Wildman–Crippen MR) is 123 cm³/mol. The fraction of sp³-hybridized carbons (Fsp3) is 0.269. The van der Waals surface area contributed by atoms with Crippen LogP contribution in [0, 0.1) is 0 Å². The zero-order chi connectivity index (χ0) is 22.1. The number of ether oxygens (including phenoxy) is 4. The van der Waals surface area contributed by atoms with Crippen molar-refractivity contribution in [3.63, 3.8) is 0 Å². The van der Waals surface area contributed by atoms with Crippen LogP contribution in [0.2, 0.25) is 0 Å². The maximum Gasteiger partial charge on any atom is 0.213 e. The van der Waals surface area contributed by atoms with Crippen molar-refractivity contribution in [2.24, 2.45) is 5.10 Å². The van der Waals surface area contributed by atoms with E-state index in [1.54, 1.807) is 14.2 Å². The molecule has 2 aliphatic heterocycles. The third-order valence-corrected chi connectivity index (χ3v) is 5.89. The average molecular weight is 431 g/mol. The summed E-state index contributed by atoms with van der Waals surface area (Å²) in [6.45, 7) is 2.62. The lowest BCUT2D eigenvalue weighted by Crippen LogP contribution is -2.33. The molecule has 0 bridgehead atoms. The molecular formula is C26H26N2O4. The lowest BCUT2D eigenvalue weighted by Gasteiger charge is -2.38. The minimum absolute atomic E-state index is 0.0969. The standard InChI is InChI=1S/C26H26N2O4/c1-4-31-19-12-9-17(10-13-19)26-28-22(20-7-5-6-8-23(20)32-26)16-21(27-28)18-11-14-24(29-2)25(15-18)30-3/h5-15,22,26H,4,16H2,1-3H3/t22-,26-/m1/s1. The van der Waals surface area contributed by atoms with Gasteiger partial charge in [0.25, 0.3) is 0 Å². The van der Waals surface area contributed by atoms with E-state index in [1.165, 1.54) is 0 Å². The molecular weight excluding hydrogens is 404 g/mol. The van der Waals surface area contributed by atoms with Gasteiger partial charge < -0.3 is 18.9 Å². The molecule has 2 atom stereocenters. The molecule has 2 heterocycles. The zero-order valence-corrected chi connectivity index (χ0v) is 18.4. The van der Waals surface area contributed by atoms with Gasteiger partial charge in [0.05, 0.1) is 32.6 Å². The highest BCUT2D eigenvalue weighted by Crippen LogP contribution is 2.47. The molecule has 0 aliphatic carbocycles. The molecule has 6 heteroatoms. The van der Waals surface area contributed by atoms with Crippen LogP contribution in [-0.4, -0.2) is 31.5 Å². The Labute approximate surface area is 188 Å². The van der Waals surface area contributed by atoms with E-state index in [9.17, 15) is 0 Å².